The van der Waals surface area contributed by atoms with Crippen LogP contribution in [0.25, 0.3) is 0 Å². The van der Waals surface area contributed by atoms with E-state index in [9.17, 15) is 9.59 Å². The molecule has 0 atom stereocenters. The molecule has 0 aromatic heterocycles. The average Bonchev–Trinajstić information content (AvgIpc) is 2.68. The van der Waals surface area contributed by atoms with E-state index in [-0.39, 0.29) is 11.8 Å². The van der Waals surface area contributed by atoms with Crippen LogP contribution in [-0.2, 0) is 4.79 Å². The highest BCUT2D eigenvalue weighted by Crippen LogP contribution is 2.28. The third-order valence-electron chi connectivity index (χ3n) is 5.31. The Balaban J connectivity index is 1.59. The molecule has 0 radical (unpaired) electrons. The molecule has 0 N–H and O–H groups in total. The van der Waals surface area contributed by atoms with Gasteiger partial charge in [0, 0.05) is 42.2 Å². The van der Waals surface area contributed by atoms with Crippen molar-refractivity contribution in [3.63, 3.8) is 0 Å². The monoisotopic (exact) mass is 374 g/mol. The van der Waals surface area contributed by atoms with E-state index in [0.29, 0.717) is 37.3 Å². The van der Waals surface area contributed by atoms with Crippen molar-refractivity contribution in [1.29, 1.82) is 0 Å². The topological polar surface area (TPSA) is 40.6 Å². The van der Waals surface area contributed by atoms with Gasteiger partial charge in [-0.2, -0.15) is 0 Å². The number of carbonyl (C=O) groups excluding carboxylic acids is 2. The summed E-state index contributed by atoms with van der Waals surface area (Å²) in [6, 6.07) is 7.87. The van der Waals surface area contributed by atoms with E-state index in [2.05, 4.69) is 13.8 Å². The summed E-state index contributed by atoms with van der Waals surface area (Å²) in [4.78, 5) is 30.6. The highest BCUT2D eigenvalue weighted by molar-refractivity contribution is 8.00. The van der Waals surface area contributed by atoms with Crippen molar-refractivity contribution < 1.29 is 9.59 Å². The molecule has 4 nitrogen and oxygen atoms in total. The zero-order chi connectivity index (χ0) is 18.5. The molecule has 142 valence electrons. The first kappa shape index (κ1) is 19.3. The van der Waals surface area contributed by atoms with Crippen LogP contribution in [0.5, 0.6) is 0 Å². The quantitative estimate of drug-likeness (QED) is 0.747. The van der Waals surface area contributed by atoms with Gasteiger partial charge in [-0.25, -0.2) is 0 Å². The van der Waals surface area contributed by atoms with Crippen molar-refractivity contribution in [3.05, 3.63) is 29.8 Å². The summed E-state index contributed by atoms with van der Waals surface area (Å²) in [5.41, 5.74) is 0.790. The highest BCUT2D eigenvalue weighted by atomic mass is 32.2. The van der Waals surface area contributed by atoms with Crippen LogP contribution in [0.1, 0.15) is 56.3 Å². The molecule has 2 amide bonds. The van der Waals surface area contributed by atoms with Crippen molar-refractivity contribution in [2.24, 2.45) is 5.92 Å². The molecule has 1 heterocycles. The predicted molar refractivity (Wildman–Crippen MR) is 106 cm³/mol. The third-order valence-corrected chi connectivity index (χ3v) is 6.39. The van der Waals surface area contributed by atoms with Crippen LogP contribution in [0.2, 0.25) is 0 Å². The van der Waals surface area contributed by atoms with Gasteiger partial charge in [-0.15, -0.1) is 11.8 Å². The summed E-state index contributed by atoms with van der Waals surface area (Å²) in [6.45, 7) is 6.89. The van der Waals surface area contributed by atoms with Gasteiger partial charge in [-0.1, -0.05) is 45.2 Å². The van der Waals surface area contributed by atoms with Gasteiger partial charge in [0.2, 0.25) is 5.91 Å². The Labute approximate surface area is 161 Å². The normalized spacial score (nSPS) is 19.0. The van der Waals surface area contributed by atoms with Gasteiger partial charge in [0.05, 0.1) is 5.56 Å². The Morgan fingerprint density at radius 3 is 2.23 bits per heavy atom. The largest absolute Gasteiger partial charge is 0.339 e. The van der Waals surface area contributed by atoms with E-state index in [4.69, 9.17) is 0 Å². The van der Waals surface area contributed by atoms with E-state index in [0.717, 1.165) is 23.3 Å². The molecule has 3 rings (SSSR count). The second kappa shape index (κ2) is 8.94. The molecule has 1 aliphatic carbocycles. The van der Waals surface area contributed by atoms with Crippen LogP contribution in [0.4, 0.5) is 0 Å². The van der Waals surface area contributed by atoms with Gasteiger partial charge in [0.15, 0.2) is 0 Å². The van der Waals surface area contributed by atoms with Crippen molar-refractivity contribution >= 4 is 23.6 Å². The van der Waals surface area contributed by atoms with Gasteiger partial charge in [-0.3, -0.25) is 9.59 Å². The molecule has 0 spiro atoms. The molecule has 2 aliphatic rings. The minimum Gasteiger partial charge on any atom is -0.339 e. The average molecular weight is 375 g/mol. The van der Waals surface area contributed by atoms with Crippen LogP contribution >= 0.6 is 11.8 Å². The summed E-state index contributed by atoms with van der Waals surface area (Å²) in [5.74, 6) is 0.625. The van der Waals surface area contributed by atoms with E-state index >= 15 is 0 Å². The summed E-state index contributed by atoms with van der Waals surface area (Å²) < 4.78 is 0. The van der Waals surface area contributed by atoms with E-state index < -0.39 is 0 Å². The fourth-order valence-electron chi connectivity index (χ4n) is 3.91. The number of thioether (sulfide) groups is 1. The molecular weight excluding hydrogens is 344 g/mol. The first-order valence-corrected chi connectivity index (χ1v) is 10.8. The van der Waals surface area contributed by atoms with Crippen molar-refractivity contribution in [1.82, 2.24) is 9.80 Å². The molecule has 1 aromatic carbocycles. The van der Waals surface area contributed by atoms with Gasteiger partial charge in [0.1, 0.15) is 0 Å². The standard InChI is InChI=1S/C21H30N2O2S/c1-16(2)26-19-11-7-6-10-18(19)21(25)23-14-12-22(13-15-23)20(24)17-8-4-3-5-9-17/h6-7,10-11,16-17H,3-5,8-9,12-15H2,1-2H3. The Bertz CT molecular complexity index is 633. The number of rotatable bonds is 4. The lowest BCUT2D eigenvalue weighted by atomic mass is 9.88. The molecule has 1 saturated heterocycles. The molecule has 1 saturated carbocycles. The zero-order valence-electron chi connectivity index (χ0n) is 15.9. The molecular formula is C21H30N2O2S. The first-order valence-electron chi connectivity index (χ1n) is 9.90. The van der Waals surface area contributed by atoms with Crippen LogP contribution in [0.15, 0.2) is 29.2 Å². The maximum atomic E-state index is 13.0. The number of piperazine rings is 1. The lowest BCUT2D eigenvalue weighted by Gasteiger charge is -2.37. The van der Waals surface area contributed by atoms with Crippen LogP contribution in [0, 0.1) is 5.92 Å². The Kier molecular flexibility index (Phi) is 6.63. The fraction of sp³-hybridized carbons (Fsp3) is 0.619. The van der Waals surface area contributed by atoms with E-state index in [1.807, 2.05) is 34.1 Å². The molecule has 2 fully saturated rings. The smallest absolute Gasteiger partial charge is 0.255 e. The Hall–Kier alpha value is -1.49. The van der Waals surface area contributed by atoms with Crippen LogP contribution in [-0.4, -0.2) is 53.0 Å². The second-order valence-electron chi connectivity index (χ2n) is 7.62. The summed E-state index contributed by atoms with van der Waals surface area (Å²) in [7, 11) is 0. The van der Waals surface area contributed by atoms with E-state index in [1.54, 1.807) is 11.8 Å². The summed E-state index contributed by atoms with van der Waals surface area (Å²) in [5, 5.41) is 0.439. The van der Waals surface area contributed by atoms with Crippen LogP contribution < -0.4 is 0 Å². The second-order valence-corrected chi connectivity index (χ2v) is 9.23. The third kappa shape index (κ3) is 4.61. The molecule has 1 aromatic rings. The maximum Gasteiger partial charge on any atom is 0.255 e. The van der Waals surface area contributed by atoms with Gasteiger partial charge in [-0.05, 0) is 25.0 Å². The summed E-state index contributed by atoms with van der Waals surface area (Å²) in [6.07, 6.45) is 5.70. The van der Waals surface area contributed by atoms with Crippen LogP contribution in [0.3, 0.4) is 0 Å². The molecule has 1 aliphatic heterocycles. The minimum absolute atomic E-state index is 0.0958. The van der Waals surface area contributed by atoms with Crippen molar-refractivity contribution in [2.75, 3.05) is 26.2 Å². The lowest BCUT2D eigenvalue weighted by molar-refractivity contribution is -0.138. The predicted octanol–water partition coefficient (Wildman–Crippen LogP) is 4.05. The lowest BCUT2D eigenvalue weighted by Crippen LogP contribution is -2.52. The minimum atomic E-state index is 0.0958. The van der Waals surface area contributed by atoms with E-state index in [1.165, 1.54) is 19.3 Å². The Morgan fingerprint density at radius 1 is 0.962 bits per heavy atom. The number of benzene rings is 1. The number of hydrogen-bond donors (Lipinski definition) is 0. The number of carbonyl (C=O) groups is 2. The van der Waals surface area contributed by atoms with Crippen molar-refractivity contribution in [3.8, 4) is 0 Å². The van der Waals surface area contributed by atoms with Gasteiger partial charge in [0.25, 0.3) is 5.91 Å². The van der Waals surface area contributed by atoms with Gasteiger partial charge < -0.3 is 9.80 Å². The summed E-state index contributed by atoms with van der Waals surface area (Å²) >= 11 is 1.73. The SMILES string of the molecule is CC(C)Sc1ccccc1C(=O)N1CCN(C(=O)C2CCCCC2)CC1. The first-order chi connectivity index (χ1) is 12.6. The van der Waals surface area contributed by atoms with Gasteiger partial charge >= 0.3 is 0 Å². The molecule has 0 unspecified atom stereocenters. The zero-order valence-corrected chi connectivity index (χ0v) is 16.8. The highest BCUT2D eigenvalue weighted by Gasteiger charge is 2.30. The number of hydrogen-bond acceptors (Lipinski definition) is 3. The number of nitrogens with zero attached hydrogens (tertiary/aromatic N) is 2. The Morgan fingerprint density at radius 2 is 1.58 bits per heavy atom. The molecule has 0 bridgehead atoms. The van der Waals surface area contributed by atoms with Crippen molar-refractivity contribution in [2.45, 2.75) is 56.1 Å². The fourth-order valence-corrected chi connectivity index (χ4v) is 4.86. The number of amides is 2. The maximum absolute atomic E-state index is 13.0. The molecule has 5 heteroatoms. The molecule has 26 heavy (non-hydrogen) atoms.